The predicted octanol–water partition coefficient (Wildman–Crippen LogP) is 3.77. The molecule has 3 aromatic rings. The molecule has 186 valence electrons. The minimum absolute atomic E-state index is 0.196. The molecule has 5 rings (SSSR count). The van der Waals surface area contributed by atoms with Crippen molar-refractivity contribution in [1.82, 2.24) is 29.7 Å². The van der Waals surface area contributed by atoms with Crippen LogP contribution < -0.4 is 5.32 Å². The Hall–Kier alpha value is -2.77. The number of rotatable bonds is 7. The van der Waals surface area contributed by atoms with E-state index in [2.05, 4.69) is 58.1 Å². The first-order chi connectivity index (χ1) is 17.1. The van der Waals surface area contributed by atoms with Gasteiger partial charge in [0.2, 0.25) is 5.91 Å². The lowest BCUT2D eigenvalue weighted by molar-refractivity contribution is -0.130. The predicted molar refractivity (Wildman–Crippen MR) is 138 cm³/mol. The van der Waals surface area contributed by atoms with E-state index >= 15 is 0 Å². The van der Waals surface area contributed by atoms with Gasteiger partial charge in [-0.25, -0.2) is 9.50 Å². The Kier molecular flexibility index (Phi) is 7.44. The van der Waals surface area contributed by atoms with Gasteiger partial charge in [-0.3, -0.25) is 9.69 Å². The number of fused-ring (bicyclic) bond motifs is 1. The van der Waals surface area contributed by atoms with E-state index < -0.39 is 0 Å². The number of nitrogens with zero attached hydrogens (tertiary/aromatic N) is 5. The van der Waals surface area contributed by atoms with E-state index in [9.17, 15) is 4.79 Å². The van der Waals surface area contributed by atoms with Gasteiger partial charge in [-0.05, 0) is 63.2 Å². The second kappa shape index (κ2) is 10.9. The van der Waals surface area contributed by atoms with Crippen LogP contribution in [-0.4, -0.2) is 63.0 Å². The van der Waals surface area contributed by atoms with Crippen molar-refractivity contribution < 1.29 is 4.79 Å². The van der Waals surface area contributed by atoms with Gasteiger partial charge in [0.1, 0.15) is 0 Å². The highest BCUT2D eigenvalue weighted by molar-refractivity contribution is 5.73. The summed E-state index contributed by atoms with van der Waals surface area (Å²) >= 11 is 0. The molecule has 0 saturated carbocycles. The molecule has 0 spiro atoms. The summed E-state index contributed by atoms with van der Waals surface area (Å²) in [5, 5.41) is 8.61. The van der Waals surface area contributed by atoms with Crippen molar-refractivity contribution in [3.8, 4) is 0 Å². The summed E-state index contributed by atoms with van der Waals surface area (Å²) in [6, 6.07) is 12.9. The maximum absolute atomic E-state index is 11.6. The number of hydrogen-bond donors (Lipinski definition) is 1. The molecule has 7 nitrogen and oxygen atoms in total. The lowest BCUT2D eigenvalue weighted by Crippen LogP contribution is -2.39. The number of carbonyl (C=O) groups excluding carboxylic acids is 1. The minimum Gasteiger partial charge on any atom is -0.343 e. The average molecular weight is 475 g/mol. The van der Waals surface area contributed by atoms with Gasteiger partial charge < -0.3 is 10.2 Å². The van der Waals surface area contributed by atoms with E-state index in [0.29, 0.717) is 11.8 Å². The Balaban J connectivity index is 1.24. The van der Waals surface area contributed by atoms with Gasteiger partial charge in [0.15, 0.2) is 5.65 Å². The molecule has 1 amide bonds. The molecular weight excluding hydrogens is 436 g/mol. The van der Waals surface area contributed by atoms with E-state index in [4.69, 9.17) is 10.1 Å². The first kappa shape index (κ1) is 23.9. The minimum atomic E-state index is 0.196. The number of likely N-dealkylation sites (tertiary alicyclic amines) is 2. The number of aryl methyl sites for hydroxylation is 1. The Morgan fingerprint density at radius 3 is 2.66 bits per heavy atom. The van der Waals surface area contributed by atoms with Crippen molar-refractivity contribution in [3.05, 3.63) is 65.1 Å². The van der Waals surface area contributed by atoms with Crippen LogP contribution in [0.15, 0.2) is 42.6 Å². The van der Waals surface area contributed by atoms with Crippen molar-refractivity contribution in [2.45, 2.75) is 58.5 Å². The second-order valence-electron chi connectivity index (χ2n) is 10.3. The Labute approximate surface area is 208 Å². The van der Waals surface area contributed by atoms with Crippen LogP contribution in [0, 0.1) is 12.8 Å². The third-order valence-electron chi connectivity index (χ3n) is 7.81. The zero-order valence-electron chi connectivity index (χ0n) is 21.1. The fourth-order valence-electron chi connectivity index (χ4n) is 5.77. The SMILES string of the molecule is CC(=O)N1CCC(CNCc2c(C)nn3c(C4CCCN(Cc5ccccc5)C4)ccnc23)CC1. The molecule has 0 bridgehead atoms. The monoisotopic (exact) mass is 474 g/mol. The van der Waals surface area contributed by atoms with Crippen molar-refractivity contribution in [3.63, 3.8) is 0 Å². The molecule has 1 N–H and O–H groups in total. The lowest BCUT2D eigenvalue weighted by Gasteiger charge is -2.33. The first-order valence-electron chi connectivity index (χ1n) is 13.1. The van der Waals surface area contributed by atoms with Crippen molar-refractivity contribution in [1.29, 1.82) is 0 Å². The molecule has 0 aliphatic carbocycles. The molecule has 2 saturated heterocycles. The molecular formula is C28H38N6O. The van der Waals surface area contributed by atoms with Gasteiger partial charge in [-0.2, -0.15) is 5.10 Å². The summed E-state index contributed by atoms with van der Waals surface area (Å²) in [7, 11) is 0. The van der Waals surface area contributed by atoms with Crippen molar-refractivity contribution in [2.75, 3.05) is 32.7 Å². The topological polar surface area (TPSA) is 65.8 Å². The smallest absolute Gasteiger partial charge is 0.219 e. The molecule has 2 aliphatic rings. The normalized spacial score (nSPS) is 19.9. The number of piperidine rings is 2. The molecule has 4 heterocycles. The summed E-state index contributed by atoms with van der Waals surface area (Å²) in [6.45, 7) is 10.5. The van der Waals surface area contributed by atoms with Crippen LogP contribution in [-0.2, 0) is 17.9 Å². The highest BCUT2D eigenvalue weighted by atomic mass is 16.2. The van der Waals surface area contributed by atoms with Crippen LogP contribution in [0.2, 0.25) is 0 Å². The molecule has 1 atom stereocenters. The van der Waals surface area contributed by atoms with Crippen molar-refractivity contribution >= 4 is 11.6 Å². The number of benzene rings is 1. The van der Waals surface area contributed by atoms with E-state index in [0.717, 1.165) is 70.0 Å². The Bertz CT molecular complexity index is 1140. The highest BCUT2D eigenvalue weighted by Crippen LogP contribution is 2.29. The molecule has 1 unspecified atom stereocenters. The molecule has 7 heteroatoms. The number of aromatic nitrogens is 3. The fraction of sp³-hybridized carbons (Fsp3) is 0.536. The van der Waals surface area contributed by atoms with Gasteiger partial charge in [0, 0.05) is 57.3 Å². The Morgan fingerprint density at radius 1 is 1.09 bits per heavy atom. The van der Waals surface area contributed by atoms with Crippen LogP contribution in [0.3, 0.4) is 0 Å². The second-order valence-corrected chi connectivity index (χ2v) is 10.3. The van der Waals surface area contributed by atoms with Crippen LogP contribution in [0.25, 0.3) is 5.65 Å². The molecule has 0 radical (unpaired) electrons. The molecule has 1 aromatic carbocycles. The van der Waals surface area contributed by atoms with E-state index in [1.54, 1.807) is 6.92 Å². The summed E-state index contributed by atoms with van der Waals surface area (Å²) in [4.78, 5) is 20.8. The van der Waals surface area contributed by atoms with Gasteiger partial charge >= 0.3 is 0 Å². The number of carbonyl (C=O) groups is 1. The quantitative estimate of drug-likeness (QED) is 0.565. The summed E-state index contributed by atoms with van der Waals surface area (Å²) in [5.41, 5.74) is 5.90. The van der Waals surface area contributed by atoms with E-state index in [-0.39, 0.29) is 5.91 Å². The summed E-state index contributed by atoms with van der Waals surface area (Å²) in [5.74, 6) is 1.28. The number of nitrogens with one attached hydrogen (secondary N) is 1. The maximum Gasteiger partial charge on any atom is 0.219 e. The van der Waals surface area contributed by atoms with Gasteiger partial charge in [0.05, 0.1) is 11.4 Å². The van der Waals surface area contributed by atoms with Gasteiger partial charge in [-0.1, -0.05) is 30.3 Å². The summed E-state index contributed by atoms with van der Waals surface area (Å²) < 4.78 is 2.11. The third kappa shape index (κ3) is 5.57. The molecule has 2 aromatic heterocycles. The number of hydrogen-bond acceptors (Lipinski definition) is 5. The zero-order chi connectivity index (χ0) is 24.2. The first-order valence-corrected chi connectivity index (χ1v) is 13.1. The van der Waals surface area contributed by atoms with Crippen molar-refractivity contribution in [2.24, 2.45) is 5.92 Å². The van der Waals surface area contributed by atoms with E-state index in [1.807, 2.05) is 11.1 Å². The molecule has 2 aliphatic heterocycles. The third-order valence-corrected chi connectivity index (χ3v) is 7.81. The molecule has 35 heavy (non-hydrogen) atoms. The Morgan fingerprint density at radius 2 is 1.89 bits per heavy atom. The average Bonchev–Trinajstić information content (AvgIpc) is 3.20. The largest absolute Gasteiger partial charge is 0.343 e. The summed E-state index contributed by atoms with van der Waals surface area (Å²) in [6.07, 6.45) is 6.50. The highest BCUT2D eigenvalue weighted by Gasteiger charge is 2.25. The standard InChI is InChI=1S/C28H38N6O/c1-21-26(18-29-17-23-11-15-33(16-12-23)22(2)35)28-30-13-10-27(34(28)31-21)25-9-6-14-32(20-25)19-24-7-4-3-5-8-24/h3-5,7-8,10,13,23,25,29H,6,9,11-12,14-20H2,1-2H3. The van der Waals surface area contributed by atoms with Gasteiger partial charge in [0.25, 0.3) is 0 Å². The fourth-order valence-corrected chi connectivity index (χ4v) is 5.77. The van der Waals surface area contributed by atoms with Crippen LogP contribution in [0.1, 0.15) is 61.0 Å². The number of amides is 1. The van der Waals surface area contributed by atoms with Crippen LogP contribution in [0.4, 0.5) is 0 Å². The molecule has 2 fully saturated rings. The van der Waals surface area contributed by atoms with Gasteiger partial charge in [-0.15, -0.1) is 0 Å². The maximum atomic E-state index is 11.6. The van der Waals surface area contributed by atoms with Crippen LogP contribution >= 0.6 is 0 Å². The lowest BCUT2D eigenvalue weighted by atomic mass is 9.94. The zero-order valence-corrected chi connectivity index (χ0v) is 21.1. The van der Waals surface area contributed by atoms with Crippen LogP contribution in [0.5, 0.6) is 0 Å². The van der Waals surface area contributed by atoms with E-state index in [1.165, 1.54) is 29.7 Å².